The van der Waals surface area contributed by atoms with Gasteiger partial charge in [-0.05, 0) is 53.6 Å². The highest BCUT2D eigenvalue weighted by Crippen LogP contribution is 2.33. The first-order valence-corrected chi connectivity index (χ1v) is 8.22. The Balaban J connectivity index is 2.13. The Hall–Kier alpha value is -0.860. The average molecular weight is 275 g/mol. The Morgan fingerprint density at radius 3 is 2.74 bits per heavy atom. The Morgan fingerprint density at radius 1 is 1.21 bits per heavy atom. The summed E-state index contributed by atoms with van der Waals surface area (Å²) >= 11 is 1.87. The van der Waals surface area contributed by atoms with Crippen LogP contribution in [0.25, 0.3) is 10.1 Å². The largest absolute Gasteiger partial charge is 0.316 e. The van der Waals surface area contributed by atoms with E-state index >= 15 is 0 Å². The van der Waals surface area contributed by atoms with Crippen LogP contribution in [0.4, 0.5) is 0 Å². The summed E-state index contributed by atoms with van der Waals surface area (Å²) in [5, 5.41) is 7.38. The van der Waals surface area contributed by atoms with Gasteiger partial charge < -0.3 is 5.32 Å². The fourth-order valence-corrected chi connectivity index (χ4v) is 3.47. The summed E-state index contributed by atoms with van der Waals surface area (Å²) in [5.74, 6) is 0. The maximum atomic E-state index is 3.59. The van der Waals surface area contributed by atoms with Gasteiger partial charge in [-0.25, -0.2) is 0 Å². The zero-order chi connectivity index (χ0) is 13.7. The molecule has 1 N–H and O–H groups in total. The van der Waals surface area contributed by atoms with Crippen LogP contribution in [0, 0.1) is 5.41 Å². The van der Waals surface area contributed by atoms with Crippen LogP contribution in [-0.2, 0) is 6.42 Å². The molecule has 19 heavy (non-hydrogen) atoms. The molecule has 0 amide bonds. The molecular weight excluding hydrogens is 250 g/mol. The lowest BCUT2D eigenvalue weighted by atomic mass is 9.81. The van der Waals surface area contributed by atoms with Crippen molar-refractivity contribution < 1.29 is 0 Å². The van der Waals surface area contributed by atoms with Gasteiger partial charge >= 0.3 is 0 Å². The van der Waals surface area contributed by atoms with Gasteiger partial charge in [0.25, 0.3) is 0 Å². The van der Waals surface area contributed by atoms with Gasteiger partial charge in [-0.15, -0.1) is 11.3 Å². The molecule has 1 aromatic carbocycles. The lowest BCUT2D eigenvalue weighted by Crippen LogP contribution is -2.33. The first-order valence-electron chi connectivity index (χ1n) is 7.34. The van der Waals surface area contributed by atoms with Crippen molar-refractivity contribution in [3.8, 4) is 0 Å². The summed E-state index contributed by atoms with van der Waals surface area (Å²) in [6, 6.07) is 8.76. The molecule has 1 aromatic heterocycles. The predicted molar refractivity (Wildman–Crippen MR) is 87.1 cm³/mol. The molecule has 1 heterocycles. The molecule has 1 unspecified atom stereocenters. The normalized spacial score (nSPS) is 14.7. The molecule has 0 aliphatic rings. The zero-order valence-corrected chi connectivity index (χ0v) is 13.1. The summed E-state index contributed by atoms with van der Waals surface area (Å²) in [7, 11) is 0. The van der Waals surface area contributed by atoms with E-state index in [1.807, 2.05) is 11.3 Å². The third-order valence-electron chi connectivity index (χ3n) is 4.01. The molecule has 1 nitrogen and oxygen atoms in total. The third-order valence-corrected chi connectivity index (χ3v) is 5.02. The van der Waals surface area contributed by atoms with E-state index in [4.69, 9.17) is 0 Å². The van der Waals surface area contributed by atoms with Crippen molar-refractivity contribution in [3.05, 3.63) is 35.2 Å². The second-order valence-corrected chi connectivity index (χ2v) is 6.69. The summed E-state index contributed by atoms with van der Waals surface area (Å²) in [5.41, 5.74) is 1.88. The maximum Gasteiger partial charge on any atom is 0.0345 e. The summed E-state index contributed by atoms with van der Waals surface area (Å²) in [6.45, 7) is 9.18. The summed E-state index contributed by atoms with van der Waals surface area (Å²) < 4.78 is 1.41. The first-order chi connectivity index (χ1) is 9.18. The van der Waals surface area contributed by atoms with E-state index in [2.05, 4.69) is 55.7 Å². The van der Waals surface area contributed by atoms with Crippen LogP contribution in [0.5, 0.6) is 0 Å². The standard InChI is InChI=1S/C17H25NS/c1-4-10-18-13-17(3,5-2)11-14-12-19-16-9-7-6-8-15(14)16/h6-9,12,18H,4-5,10-11,13H2,1-3H3. The monoisotopic (exact) mass is 275 g/mol. The molecule has 2 aromatic rings. The van der Waals surface area contributed by atoms with E-state index in [0.29, 0.717) is 5.41 Å². The zero-order valence-electron chi connectivity index (χ0n) is 12.3. The van der Waals surface area contributed by atoms with Crippen molar-refractivity contribution in [1.82, 2.24) is 5.32 Å². The van der Waals surface area contributed by atoms with Crippen LogP contribution in [0.15, 0.2) is 29.6 Å². The quantitative estimate of drug-likeness (QED) is 0.712. The Bertz CT molecular complexity index is 517. The van der Waals surface area contributed by atoms with E-state index in [0.717, 1.165) is 13.1 Å². The van der Waals surface area contributed by atoms with Crippen LogP contribution in [0.2, 0.25) is 0 Å². The van der Waals surface area contributed by atoms with Crippen molar-refractivity contribution >= 4 is 21.4 Å². The van der Waals surface area contributed by atoms with Crippen molar-refractivity contribution in [2.24, 2.45) is 5.41 Å². The SMILES string of the molecule is CCCNCC(C)(CC)Cc1csc2ccccc12. The Morgan fingerprint density at radius 2 is 2.00 bits per heavy atom. The molecule has 0 spiro atoms. The molecule has 0 fully saturated rings. The smallest absolute Gasteiger partial charge is 0.0345 e. The molecular formula is C17H25NS. The highest BCUT2D eigenvalue weighted by Gasteiger charge is 2.23. The summed E-state index contributed by atoms with van der Waals surface area (Å²) in [6.07, 6.45) is 3.60. The molecule has 0 aliphatic carbocycles. The Kier molecular flexibility index (Phi) is 5.00. The van der Waals surface area contributed by atoms with E-state index < -0.39 is 0 Å². The molecule has 0 radical (unpaired) electrons. The van der Waals surface area contributed by atoms with Gasteiger partial charge in [0, 0.05) is 11.2 Å². The van der Waals surface area contributed by atoms with Gasteiger partial charge in [0.2, 0.25) is 0 Å². The highest BCUT2D eigenvalue weighted by atomic mass is 32.1. The molecule has 0 aliphatic heterocycles. The van der Waals surface area contributed by atoms with Gasteiger partial charge in [-0.2, -0.15) is 0 Å². The molecule has 0 saturated carbocycles. The second kappa shape index (κ2) is 6.53. The van der Waals surface area contributed by atoms with Crippen molar-refractivity contribution in [2.75, 3.05) is 13.1 Å². The minimum Gasteiger partial charge on any atom is -0.316 e. The number of nitrogens with one attached hydrogen (secondary N) is 1. The highest BCUT2D eigenvalue weighted by molar-refractivity contribution is 7.17. The third kappa shape index (κ3) is 3.58. The van der Waals surface area contributed by atoms with Crippen molar-refractivity contribution in [3.63, 3.8) is 0 Å². The predicted octanol–water partition coefficient (Wildman–Crippen LogP) is 4.86. The van der Waals surface area contributed by atoms with Crippen LogP contribution in [-0.4, -0.2) is 13.1 Å². The van der Waals surface area contributed by atoms with Crippen LogP contribution in [0.3, 0.4) is 0 Å². The molecule has 0 bridgehead atoms. The topological polar surface area (TPSA) is 12.0 Å². The molecule has 104 valence electrons. The minimum atomic E-state index is 0.360. The van der Waals surface area contributed by atoms with Gasteiger partial charge in [-0.1, -0.05) is 39.0 Å². The van der Waals surface area contributed by atoms with Crippen LogP contribution < -0.4 is 5.32 Å². The average Bonchev–Trinajstić information content (AvgIpc) is 2.82. The number of thiophene rings is 1. The minimum absolute atomic E-state index is 0.360. The number of hydrogen-bond donors (Lipinski definition) is 1. The van der Waals surface area contributed by atoms with E-state index in [9.17, 15) is 0 Å². The summed E-state index contributed by atoms with van der Waals surface area (Å²) in [4.78, 5) is 0. The number of fused-ring (bicyclic) bond motifs is 1. The number of rotatable bonds is 7. The van der Waals surface area contributed by atoms with Gasteiger partial charge in [0.1, 0.15) is 0 Å². The van der Waals surface area contributed by atoms with E-state index in [-0.39, 0.29) is 0 Å². The maximum absolute atomic E-state index is 3.59. The molecule has 0 saturated heterocycles. The number of benzene rings is 1. The molecule has 2 heteroatoms. The lowest BCUT2D eigenvalue weighted by Gasteiger charge is -2.28. The van der Waals surface area contributed by atoms with E-state index in [1.165, 1.54) is 34.9 Å². The lowest BCUT2D eigenvalue weighted by molar-refractivity contribution is 0.292. The second-order valence-electron chi connectivity index (χ2n) is 5.77. The van der Waals surface area contributed by atoms with Crippen LogP contribution in [0.1, 0.15) is 39.2 Å². The van der Waals surface area contributed by atoms with E-state index in [1.54, 1.807) is 0 Å². The molecule has 1 atom stereocenters. The van der Waals surface area contributed by atoms with Crippen LogP contribution >= 0.6 is 11.3 Å². The number of hydrogen-bond acceptors (Lipinski definition) is 2. The Labute approximate surface area is 121 Å². The van der Waals surface area contributed by atoms with Gasteiger partial charge in [-0.3, -0.25) is 0 Å². The first kappa shape index (κ1) is 14.5. The fraction of sp³-hybridized carbons (Fsp3) is 0.529. The van der Waals surface area contributed by atoms with Gasteiger partial charge in [0.05, 0.1) is 0 Å². The van der Waals surface area contributed by atoms with Gasteiger partial charge in [0.15, 0.2) is 0 Å². The van der Waals surface area contributed by atoms with Crippen molar-refractivity contribution in [2.45, 2.75) is 40.0 Å². The molecule has 2 rings (SSSR count). The van der Waals surface area contributed by atoms with Crippen molar-refractivity contribution in [1.29, 1.82) is 0 Å². The fourth-order valence-electron chi connectivity index (χ4n) is 2.51.